The van der Waals surface area contributed by atoms with Gasteiger partial charge in [-0.25, -0.2) is 0 Å². The molecule has 0 unspecified atom stereocenters. The third kappa shape index (κ3) is 7.40. The second-order valence-electron chi connectivity index (χ2n) is 8.14. The van der Waals surface area contributed by atoms with E-state index in [1.165, 1.54) is 36.4 Å². The van der Waals surface area contributed by atoms with Gasteiger partial charge in [0.15, 0.2) is 0 Å². The second-order valence-corrected chi connectivity index (χ2v) is 10.0. The predicted octanol–water partition coefficient (Wildman–Crippen LogP) is 8.59. The van der Waals surface area contributed by atoms with Gasteiger partial charge < -0.3 is 0 Å². The van der Waals surface area contributed by atoms with E-state index in [0.29, 0.717) is 27.1 Å². The van der Waals surface area contributed by atoms with E-state index in [2.05, 4.69) is 12.6 Å². The monoisotopic (exact) mass is 570 g/mol. The molecule has 4 rings (SSSR count). The number of alkyl halides is 6. The molecule has 0 spiro atoms. The maximum atomic E-state index is 12.8. The summed E-state index contributed by atoms with van der Waals surface area (Å²) in [6.07, 6.45) is -8.89. The van der Waals surface area contributed by atoms with E-state index in [1.54, 1.807) is 30.3 Å². The zero-order valence-corrected chi connectivity index (χ0v) is 21.3. The number of hydrogen-bond donors (Lipinski definition) is 2. The SMILES string of the molecule is Cc1ccc(S(=O)(=O)O)cc1.FC(F)(F)c1ccc(-c2cccc(S)c2-c2ccc(C(F)(F)F)cc2)cc1. The largest absolute Gasteiger partial charge is 0.416 e. The van der Waals surface area contributed by atoms with Crippen LogP contribution in [0.25, 0.3) is 22.3 Å². The molecule has 1 N–H and O–H groups in total. The minimum absolute atomic E-state index is 0.0666. The Balaban J connectivity index is 0.000000304. The van der Waals surface area contributed by atoms with Gasteiger partial charge >= 0.3 is 12.4 Å². The Labute approximate surface area is 220 Å². The lowest BCUT2D eigenvalue weighted by Crippen LogP contribution is -2.04. The van der Waals surface area contributed by atoms with Crippen molar-refractivity contribution in [2.24, 2.45) is 0 Å². The summed E-state index contributed by atoms with van der Waals surface area (Å²) in [5.41, 5.74) is 1.53. The van der Waals surface area contributed by atoms with Gasteiger partial charge in [-0.15, -0.1) is 12.6 Å². The van der Waals surface area contributed by atoms with E-state index in [-0.39, 0.29) is 4.90 Å². The van der Waals surface area contributed by atoms with Crippen LogP contribution in [-0.4, -0.2) is 13.0 Å². The van der Waals surface area contributed by atoms with Crippen molar-refractivity contribution < 1.29 is 39.3 Å². The number of rotatable bonds is 3. The molecule has 4 aromatic rings. The minimum Gasteiger partial charge on any atom is -0.282 e. The van der Waals surface area contributed by atoms with Crippen LogP contribution in [0.15, 0.2) is 101 Å². The van der Waals surface area contributed by atoms with E-state index in [1.807, 2.05) is 6.92 Å². The van der Waals surface area contributed by atoms with Crippen LogP contribution >= 0.6 is 12.6 Å². The van der Waals surface area contributed by atoms with Crippen molar-refractivity contribution in [3.63, 3.8) is 0 Å². The Bertz CT molecular complexity index is 1490. The number of hydrogen-bond acceptors (Lipinski definition) is 3. The Morgan fingerprint density at radius 2 is 1.11 bits per heavy atom. The van der Waals surface area contributed by atoms with E-state index in [4.69, 9.17) is 4.55 Å². The predicted molar refractivity (Wildman–Crippen MR) is 136 cm³/mol. The molecule has 0 aliphatic carbocycles. The van der Waals surface area contributed by atoms with Gasteiger partial charge in [-0.1, -0.05) is 54.1 Å². The normalized spacial score (nSPS) is 12.0. The molecule has 11 heteroatoms. The number of halogens is 6. The molecule has 0 aliphatic rings. The third-order valence-corrected chi connectivity index (χ3v) is 6.63. The smallest absolute Gasteiger partial charge is 0.282 e. The highest BCUT2D eigenvalue weighted by atomic mass is 32.2. The highest BCUT2D eigenvalue weighted by Gasteiger charge is 2.31. The zero-order valence-electron chi connectivity index (χ0n) is 19.5. The van der Waals surface area contributed by atoms with Crippen LogP contribution < -0.4 is 0 Å². The number of benzene rings is 4. The van der Waals surface area contributed by atoms with Crippen LogP contribution in [0.3, 0.4) is 0 Å². The molecule has 3 nitrogen and oxygen atoms in total. The van der Waals surface area contributed by atoms with Crippen LogP contribution in [0, 0.1) is 6.92 Å². The summed E-state index contributed by atoms with van der Waals surface area (Å²) in [7, 11) is -4.02. The van der Waals surface area contributed by atoms with Gasteiger partial charge in [0, 0.05) is 10.5 Å². The van der Waals surface area contributed by atoms with Crippen molar-refractivity contribution in [3.8, 4) is 22.3 Å². The van der Waals surface area contributed by atoms with Gasteiger partial charge in [0.25, 0.3) is 10.1 Å². The fourth-order valence-electron chi connectivity index (χ4n) is 3.46. The van der Waals surface area contributed by atoms with Crippen molar-refractivity contribution in [1.29, 1.82) is 0 Å². The van der Waals surface area contributed by atoms with Gasteiger partial charge in [-0.05, 0) is 66.1 Å². The van der Waals surface area contributed by atoms with E-state index in [9.17, 15) is 34.8 Å². The minimum atomic E-state index is -4.45. The molecular formula is C27H20F6O3S2. The molecule has 0 aliphatic heterocycles. The first kappa shape index (κ1) is 29.3. The summed E-state index contributed by atoms with van der Waals surface area (Å²) in [5, 5.41) is 0. The Morgan fingerprint density at radius 1 is 0.658 bits per heavy atom. The fourth-order valence-corrected chi connectivity index (χ4v) is 4.27. The molecule has 0 atom stereocenters. The molecular weight excluding hydrogens is 550 g/mol. The zero-order chi connectivity index (χ0) is 28.3. The van der Waals surface area contributed by atoms with Crippen LogP contribution in [0.2, 0.25) is 0 Å². The summed E-state index contributed by atoms with van der Waals surface area (Å²) >= 11 is 4.38. The Hall–Kier alpha value is -3.28. The highest BCUT2D eigenvalue weighted by Crippen LogP contribution is 2.39. The first-order chi connectivity index (χ1) is 17.6. The van der Waals surface area contributed by atoms with Crippen LogP contribution in [0.4, 0.5) is 26.3 Å². The molecule has 0 bridgehead atoms. The highest BCUT2D eigenvalue weighted by molar-refractivity contribution is 7.85. The lowest BCUT2D eigenvalue weighted by Gasteiger charge is -2.15. The summed E-state index contributed by atoms with van der Waals surface area (Å²) in [6, 6.07) is 20.2. The number of aryl methyl sites for hydroxylation is 1. The summed E-state index contributed by atoms with van der Waals surface area (Å²) in [6.45, 7) is 1.84. The maximum Gasteiger partial charge on any atom is 0.416 e. The molecule has 0 saturated heterocycles. The first-order valence-electron chi connectivity index (χ1n) is 10.8. The van der Waals surface area contributed by atoms with Crippen LogP contribution in [0.5, 0.6) is 0 Å². The van der Waals surface area contributed by atoms with Crippen molar-refractivity contribution in [2.75, 3.05) is 0 Å². The third-order valence-electron chi connectivity index (χ3n) is 5.39. The Morgan fingerprint density at radius 3 is 1.53 bits per heavy atom. The van der Waals surface area contributed by atoms with Gasteiger partial charge in [0.05, 0.1) is 16.0 Å². The molecule has 0 amide bonds. The summed E-state index contributed by atoms with van der Waals surface area (Å²) in [4.78, 5) is 0.440. The summed E-state index contributed by atoms with van der Waals surface area (Å²) in [5.74, 6) is 0. The topological polar surface area (TPSA) is 54.4 Å². The average molecular weight is 571 g/mol. The molecule has 4 aromatic carbocycles. The van der Waals surface area contributed by atoms with Crippen molar-refractivity contribution in [3.05, 3.63) is 108 Å². The quantitative estimate of drug-likeness (QED) is 0.147. The van der Waals surface area contributed by atoms with E-state index >= 15 is 0 Å². The van der Waals surface area contributed by atoms with Crippen molar-refractivity contribution in [2.45, 2.75) is 29.1 Å². The molecule has 0 aromatic heterocycles. The molecule has 0 fully saturated rings. The number of thiol groups is 1. The van der Waals surface area contributed by atoms with Crippen molar-refractivity contribution in [1.82, 2.24) is 0 Å². The molecule has 0 saturated carbocycles. The van der Waals surface area contributed by atoms with Crippen LogP contribution in [0.1, 0.15) is 16.7 Å². The standard InChI is InChI=1S/C20H12F6S.C7H8O3S/c21-19(22,23)14-8-4-12(5-9-14)16-2-1-3-17(27)18(16)13-6-10-15(11-7-13)20(24,25)26;1-6-2-4-7(5-3-6)11(8,9)10/h1-11,27H;2-5H,1H3,(H,8,9,10). The van der Waals surface area contributed by atoms with Gasteiger partial charge in [-0.2, -0.15) is 34.8 Å². The second kappa shape index (κ2) is 11.2. The summed E-state index contributed by atoms with van der Waals surface area (Å²) < 4.78 is 106. The lowest BCUT2D eigenvalue weighted by molar-refractivity contribution is -0.138. The van der Waals surface area contributed by atoms with E-state index < -0.39 is 33.6 Å². The van der Waals surface area contributed by atoms with E-state index in [0.717, 1.165) is 29.8 Å². The van der Waals surface area contributed by atoms with Crippen molar-refractivity contribution >= 4 is 22.7 Å². The molecule has 0 radical (unpaired) electrons. The van der Waals surface area contributed by atoms with Crippen LogP contribution in [-0.2, 0) is 22.5 Å². The maximum absolute atomic E-state index is 12.8. The fraction of sp³-hybridized carbons (Fsp3) is 0.111. The molecule has 0 heterocycles. The lowest BCUT2D eigenvalue weighted by atomic mass is 9.93. The van der Waals surface area contributed by atoms with Gasteiger partial charge in [-0.3, -0.25) is 4.55 Å². The van der Waals surface area contributed by atoms with Gasteiger partial charge in [0.1, 0.15) is 0 Å². The van der Waals surface area contributed by atoms with Gasteiger partial charge in [0.2, 0.25) is 0 Å². The average Bonchev–Trinajstić information content (AvgIpc) is 2.83. The first-order valence-corrected chi connectivity index (χ1v) is 12.7. The molecule has 38 heavy (non-hydrogen) atoms. The molecule has 200 valence electrons. The Kier molecular flexibility index (Phi) is 8.65.